The summed E-state index contributed by atoms with van der Waals surface area (Å²) in [6, 6.07) is 13.3. The third-order valence-electron chi connectivity index (χ3n) is 3.88. The predicted molar refractivity (Wildman–Crippen MR) is 87.4 cm³/mol. The van der Waals surface area contributed by atoms with Crippen molar-refractivity contribution < 1.29 is 9.53 Å². The number of rotatable bonds is 3. The van der Waals surface area contributed by atoms with Crippen molar-refractivity contribution in [1.82, 2.24) is 20.2 Å². The zero-order chi connectivity index (χ0) is 16.4. The van der Waals surface area contributed by atoms with Crippen molar-refractivity contribution in [2.75, 3.05) is 11.9 Å². The Morgan fingerprint density at radius 2 is 2.08 bits per heavy atom. The summed E-state index contributed by atoms with van der Waals surface area (Å²) in [7, 11) is 0. The maximum absolute atomic E-state index is 12.4. The second kappa shape index (κ2) is 6.11. The van der Waals surface area contributed by atoms with Crippen molar-refractivity contribution in [3.8, 4) is 17.3 Å². The molecule has 1 aliphatic heterocycles. The minimum absolute atomic E-state index is 0.156. The van der Waals surface area contributed by atoms with Crippen LogP contribution >= 0.6 is 0 Å². The number of pyridine rings is 1. The van der Waals surface area contributed by atoms with Crippen molar-refractivity contribution in [3.05, 3.63) is 54.2 Å². The van der Waals surface area contributed by atoms with Gasteiger partial charge in [0, 0.05) is 6.20 Å². The van der Waals surface area contributed by atoms with Crippen molar-refractivity contribution in [2.45, 2.75) is 6.42 Å². The summed E-state index contributed by atoms with van der Waals surface area (Å²) in [4.78, 5) is 20.9. The van der Waals surface area contributed by atoms with Crippen LogP contribution < -0.4 is 10.1 Å². The predicted octanol–water partition coefficient (Wildman–Crippen LogP) is 2.06. The molecule has 0 radical (unpaired) electrons. The summed E-state index contributed by atoms with van der Waals surface area (Å²) >= 11 is 0. The molecule has 2 N–H and O–H groups in total. The van der Waals surface area contributed by atoms with Crippen LogP contribution in [0.3, 0.4) is 0 Å². The van der Waals surface area contributed by atoms with E-state index < -0.39 is 0 Å². The molecule has 24 heavy (non-hydrogen) atoms. The van der Waals surface area contributed by atoms with Crippen LogP contribution in [0.15, 0.2) is 48.7 Å². The lowest BCUT2D eigenvalue weighted by molar-refractivity contribution is -0.121. The van der Waals surface area contributed by atoms with Crippen molar-refractivity contribution in [3.63, 3.8) is 0 Å². The fraction of sp³-hybridized carbons (Fsp3) is 0.176. The number of para-hydroxylation sites is 1. The molecule has 0 spiro atoms. The summed E-state index contributed by atoms with van der Waals surface area (Å²) in [5.41, 5.74) is 1.70. The lowest BCUT2D eigenvalue weighted by atomic mass is 9.96. The number of fused-ring (bicyclic) bond motifs is 1. The quantitative estimate of drug-likeness (QED) is 0.770. The van der Waals surface area contributed by atoms with E-state index >= 15 is 0 Å². The summed E-state index contributed by atoms with van der Waals surface area (Å²) in [6.45, 7) is 0.348. The molecule has 1 amide bonds. The van der Waals surface area contributed by atoms with E-state index in [9.17, 15) is 4.79 Å². The molecule has 2 aromatic heterocycles. The largest absolute Gasteiger partial charge is 0.492 e. The highest BCUT2D eigenvalue weighted by Crippen LogP contribution is 2.27. The van der Waals surface area contributed by atoms with Crippen LogP contribution in [0, 0.1) is 5.92 Å². The number of hydrogen-bond acceptors (Lipinski definition) is 5. The van der Waals surface area contributed by atoms with Crippen molar-refractivity contribution in [1.29, 1.82) is 0 Å². The lowest BCUT2D eigenvalue weighted by Crippen LogP contribution is -2.32. The molecule has 3 heterocycles. The molecule has 0 aliphatic carbocycles. The molecule has 7 heteroatoms. The van der Waals surface area contributed by atoms with Crippen LogP contribution in [-0.2, 0) is 11.2 Å². The van der Waals surface area contributed by atoms with E-state index in [-0.39, 0.29) is 17.8 Å². The van der Waals surface area contributed by atoms with Crippen molar-refractivity contribution in [2.24, 2.45) is 5.92 Å². The van der Waals surface area contributed by atoms with Gasteiger partial charge in [-0.3, -0.25) is 20.2 Å². The van der Waals surface area contributed by atoms with Gasteiger partial charge in [-0.15, -0.1) is 5.10 Å². The van der Waals surface area contributed by atoms with E-state index in [1.165, 1.54) is 0 Å². The van der Waals surface area contributed by atoms with Crippen LogP contribution in [0.25, 0.3) is 11.5 Å². The first-order valence-electron chi connectivity index (χ1n) is 7.65. The second-order valence-corrected chi connectivity index (χ2v) is 5.53. The van der Waals surface area contributed by atoms with Gasteiger partial charge in [0.1, 0.15) is 18.1 Å². The van der Waals surface area contributed by atoms with E-state index in [0.717, 1.165) is 11.3 Å². The van der Waals surface area contributed by atoms with Gasteiger partial charge in [-0.05, 0) is 30.2 Å². The molecule has 0 unspecified atom stereocenters. The smallest absolute Gasteiger partial charge is 0.249 e. The molecule has 0 saturated carbocycles. The highest BCUT2D eigenvalue weighted by atomic mass is 16.5. The molecule has 120 valence electrons. The first kappa shape index (κ1) is 14.4. The van der Waals surface area contributed by atoms with Gasteiger partial charge in [-0.25, -0.2) is 0 Å². The first-order valence-corrected chi connectivity index (χ1v) is 7.65. The van der Waals surface area contributed by atoms with Crippen molar-refractivity contribution >= 4 is 11.9 Å². The molecule has 3 aromatic rings. The lowest BCUT2D eigenvalue weighted by Gasteiger charge is -2.23. The Bertz CT molecular complexity index is 862. The maximum atomic E-state index is 12.4. The number of amides is 1. The van der Waals surface area contributed by atoms with Crippen LogP contribution in [0.2, 0.25) is 0 Å². The van der Waals surface area contributed by atoms with Gasteiger partial charge in [-0.1, -0.05) is 24.3 Å². The third-order valence-corrected chi connectivity index (χ3v) is 3.88. The molecule has 0 bridgehead atoms. The van der Waals surface area contributed by atoms with E-state index in [1.54, 1.807) is 6.20 Å². The van der Waals surface area contributed by atoms with Crippen LogP contribution in [0.4, 0.5) is 5.95 Å². The third kappa shape index (κ3) is 2.83. The molecule has 1 atom stereocenters. The number of anilines is 1. The standard InChI is InChI=1S/C17H15N5O2/c23-16(12-9-11-5-1-2-7-14(11)24-10-12)20-17-19-15(21-22-17)13-6-3-4-8-18-13/h1-8,12H,9-10H2,(H2,19,20,21,22,23)/t12-/m1/s1. The number of benzene rings is 1. The number of nitrogens with zero attached hydrogens (tertiary/aromatic N) is 3. The monoisotopic (exact) mass is 321 g/mol. The van der Waals surface area contributed by atoms with E-state index in [2.05, 4.69) is 25.5 Å². The van der Waals surface area contributed by atoms with Gasteiger partial charge < -0.3 is 4.74 Å². The molecule has 1 aliphatic rings. The first-order chi connectivity index (χ1) is 11.8. The molecule has 4 rings (SSSR count). The molecule has 0 fully saturated rings. The highest BCUT2D eigenvalue weighted by Gasteiger charge is 2.26. The second-order valence-electron chi connectivity index (χ2n) is 5.53. The van der Waals surface area contributed by atoms with E-state index in [0.29, 0.717) is 24.5 Å². The maximum Gasteiger partial charge on any atom is 0.249 e. The zero-order valence-electron chi connectivity index (χ0n) is 12.8. The fourth-order valence-corrected chi connectivity index (χ4v) is 2.64. The zero-order valence-corrected chi connectivity index (χ0v) is 12.8. The Labute approximate surface area is 138 Å². The van der Waals surface area contributed by atoms with Gasteiger partial charge in [0.05, 0.1) is 5.92 Å². The topological polar surface area (TPSA) is 92.8 Å². The highest BCUT2D eigenvalue weighted by molar-refractivity contribution is 5.91. The average Bonchev–Trinajstić information content (AvgIpc) is 3.10. The number of aromatic nitrogens is 4. The molecule has 1 aromatic carbocycles. The van der Waals surface area contributed by atoms with Gasteiger partial charge in [0.25, 0.3) is 0 Å². The number of carbonyl (C=O) groups is 1. The Kier molecular flexibility index (Phi) is 3.66. The van der Waals surface area contributed by atoms with Gasteiger partial charge in [0.15, 0.2) is 5.82 Å². The normalized spacial score (nSPS) is 16.1. The Morgan fingerprint density at radius 3 is 2.96 bits per heavy atom. The SMILES string of the molecule is O=C(Nc1n[nH]c(-c2ccccn2)n1)[C@H]1COc2ccccc2C1. The average molecular weight is 321 g/mol. The molecular weight excluding hydrogens is 306 g/mol. The van der Waals surface area contributed by atoms with Crippen LogP contribution in [0.5, 0.6) is 5.75 Å². The van der Waals surface area contributed by atoms with Gasteiger partial charge in [0.2, 0.25) is 11.9 Å². The Morgan fingerprint density at radius 1 is 1.21 bits per heavy atom. The minimum Gasteiger partial charge on any atom is -0.492 e. The summed E-state index contributed by atoms with van der Waals surface area (Å²) in [5.74, 6) is 1.17. The summed E-state index contributed by atoms with van der Waals surface area (Å²) < 4.78 is 5.65. The Hall–Kier alpha value is -3.22. The summed E-state index contributed by atoms with van der Waals surface area (Å²) in [5, 5.41) is 9.53. The number of ether oxygens (including phenoxy) is 1. The summed E-state index contributed by atoms with van der Waals surface area (Å²) in [6.07, 6.45) is 2.31. The fourth-order valence-electron chi connectivity index (χ4n) is 2.64. The molecular formula is C17H15N5O2. The number of carbonyl (C=O) groups excluding carboxylic acids is 1. The van der Waals surface area contributed by atoms with E-state index in [1.807, 2.05) is 42.5 Å². The van der Waals surface area contributed by atoms with Gasteiger partial charge >= 0.3 is 0 Å². The number of H-pyrrole nitrogens is 1. The number of hydrogen-bond donors (Lipinski definition) is 2. The van der Waals surface area contributed by atoms with E-state index in [4.69, 9.17) is 4.74 Å². The van der Waals surface area contributed by atoms with Gasteiger partial charge in [-0.2, -0.15) is 4.98 Å². The molecule has 0 saturated heterocycles. The Balaban J connectivity index is 1.45. The minimum atomic E-state index is -0.267. The number of aromatic amines is 1. The van der Waals surface area contributed by atoms with Crippen LogP contribution in [-0.4, -0.2) is 32.7 Å². The molecule has 7 nitrogen and oxygen atoms in total. The van der Waals surface area contributed by atoms with Crippen LogP contribution in [0.1, 0.15) is 5.56 Å². The number of nitrogens with one attached hydrogen (secondary N) is 2.